The van der Waals surface area contributed by atoms with Gasteiger partial charge in [-0.3, -0.25) is 4.79 Å². The van der Waals surface area contributed by atoms with E-state index in [1.807, 2.05) is 32.0 Å². The number of nitrogens with zero attached hydrogens (tertiary/aromatic N) is 1. The van der Waals surface area contributed by atoms with Gasteiger partial charge in [-0.1, -0.05) is 15.9 Å². The molecule has 0 unspecified atom stereocenters. The normalized spacial score (nSPS) is 10.0. The number of anilines is 1. The highest BCUT2D eigenvalue weighted by Crippen LogP contribution is 2.18. The van der Waals surface area contributed by atoms with Gasteiger partial charge in [-0.2, -0.15) is 0 Å². The number of rotatable bonds is 4. The summed E-state index contributed by atoms with van der Waals surface area (Å²) in [5.41, 5.74) is 2.12. The quantitative estimate of drug-likeness (QED) is 0.922. The standard InChI is InChI=1S/C12H17BrN2O/c1-4-15(3)12(16)8-14-11-6-9(2)5-10(13)7-11/h5-7,14H,4,8H2,1-3H3. The second-order valence-corrected chi connectivity index (χ2v) is 4.69. The van der Waals surface area contributed by atoms with E-state index >= 15 is 0 Å². The van der Waals surface area contributed by atoms with E-state index in [9.17, 15) is 4.79 Å². The third-order valence-electron chi connectivity index (χ3n) is 2.39. The van der Waals surface area contributed by atoms with Crippen molar-refractivity contribution in [3.8, 4) is 0 Å². The van der Waals surface area contributed by atoms with Crippen LogP contribution in [-0.4, -0.2) is 30.9 Å². The van der Waals surface area contributed by atoms with Crippen molar-refractivity contribution in [2.24, 2.45) is 0 Å². The summed E-state index contributed by atoms with van der Waals surface area (Å²) in [7, 11) is 1.80. The first-order chi connectivity index (χ1) is 7.52. The summed E-state index contributed by atoms with van der Waals surface area (Å²) in [4.78, 5) is 13.3. The monoisotopic (exact) mass is 284 g/mol. The number of aryl methyl sites for hydroxylation is 1. The molecule has 3 nitrogen and oxygen atoms in total. The number of nitrogens with one attached hydrogen (secondary N) is 1. The van der Waals surface area contributed by atoms with Gasteiger partial charge in [-0.05, 0) is 37.6 Å². The minimum Gasteiger partial charge on any atom is -0.376 e. The Morgan fingerprint density at radius 1 is 1.44 bits per heavy atom. The van der Waals surface area contributed by atoms with Crippen molar-refractivity contribution in [3.05, 3.63) is 28.2 Å². The molecule has 0 saturated heterocycles. The van der Waals surface area contributed by atoms with E-state index in [4.69, 9.17) is 0 Å². The molecule has 1 rings (SSSR count). The summed E-state index contributed by atoms with van der Waals surface area (Å²) in [5.74, 6) is 0.0973. The third-order valence-corrected chi connectivity index (χ3v) is 2.84. The van der Waals surface area contributed by atoms with E-state index in [2.05, 4.69) is 21.2 Å². The molecule has 0 saturated carbocycles. The van der Waals surface area contributed by atoms with Crippen LogP contribution < -0.4 is 5.32 Å². The fourth-order valence-electron chi connectivity index (χ4n) is 1.33. The van der Waals surface area contributed by atoms with Gasteiger partial charge < -0.3 is 10.2 Å². The predicted molar refractivity (Wildman–Crippen MR) is 70.7 cm³/mol. The zero-order valence-corrected chi connectivity index (χ0v) is 11.5. The summed E-state index contributed by atoms with van der Waals surface area (Å²) in [5, 5.41) is 3.12. The zero-order chi connectivity index (χ0) is 12.1. The number of likely N-dealkylation sites (N-methyl/N-ethyl adjacent to an activating group) is 1. The molecule has 88 valence electrons. The van der Waals surface area contributed by atoms with Crippen LogP contribution in [-0.2, 0) is 4.79 Å². The van der Waals surface area contributed by atoms with E-state index in [-0.39, 0.29) is 5.91 Å². The maximum Gasteiger partial charge on any atom is 0.241 e. The second kappa shape index (κ2) is 5.89. The first kappa shape index (κ1) is 13.0. The molecule has 0 spiro atoms. The van der Waals surface area contributed by atoms with Gasteiger partial charge in [0.15, 0.2) is 0 Å². The van der Waals surface area contributed by atoms with Crippen molar-refractivity contribution in [1.29, 1.82) is 0 Å². The van der Waals surface area contributed by atoms with Crippen molar-refractivity contribution < 1.29 is 4.79 Å². The van der Waals surface area contributed by atoms with E-state index in [0.29, 0.717) is 6.54 Å². The average molecular weight is 285 g/mol. The van der Waals surface area contributed by atoms with Crippen LogP contribution in [0.5, 0.6) is 0 Å². The van der Waals surface area contributed by atoms with Gasteiger partial charge >= 0.3 is 0 Å². The molecule has 0 fully saturated rings. The molecule has 0 radical (unpaired) electrons. The van der Waals surface area contributed by atoms with Crippen molar-refractivity contribution in [1.82, 2.24) is 4.90 Å². The Bertz CT molecular complexity index is 359. The van der Waals surface area contributed by atoms with Gasteiger partial charge in [0.2, 0.25) is 5.91 Å². The lowest BCUT2D eigenvalue weighted by molar-refractivity contribution is -0.127. The van der Waals surface area contributed by atoms with Crippen molar-refractivity contribution in [3.63, 3.8) is 0 Å². The maximum atomic E-state index is 11.6. The van der Waals surface area contributed by atoms with E-state index in [1.54, 1.807) is 11.9 Å². The average Bonchev–Trinajstić information content (AvgIpc) is 2.23. The van der Waals surface area contributed by atoms with Crippen LogP contribution in [0.4, 0.5) is 5.69 Å². The van der Waals surface area contributed by atoms with Crippen molar-refractivity contribution >= 4 is 27.5 Å². The van der Waals surface area contributed by atoms with Gasteiger partial charge in [-0.15, -0.1) is 0 Å². The third kappa shape index (κ3) is 3.85. The van der Waals surface area contributed by atoms with Crippen LogP contribution in [0.2, 0.25) is 0 Å². The lowest BCUT2D eigenvalue weighted by Crippen LogP contribution is -2.31. The number of carbonyl (C=O) groups excluding carboxylic acids is 1. The molecule has 1 aromatic rings. The molecule has 0 aromatic heterocycles. The Balaban J connectivity index is 2.58. The first-order valence-electron chi connectivity index (χ1n) is 5.28. The Labute approximate surface area is 105 Å². The Kier molecular flexibility index (Phi) is 4.80. The zero-order valence-electron chi connectivity index (χ0n) is 9.88. The van der Waals surface area contributed by atoms with Crippen LogP contribution in [0.25, 0.3) is 0 Å². The lowest BCUT2D eigenvalue weighted by Gasteiger charge is -2.15. The summed E-state index contributed by atoms with van der Waals surface area (Å²) in [6.07, 6.45) is 0. The van der Waals surface area contributed by atoms with Crippen LogP contribution in [0.15, 0.2) is 22.7 Å². The van der Waals surface area contributed by atoms with Crippen LogP contribution in [0.1, 0.15) is 12.5 Å². The second-order valence-electron chi connectivity index (χ2n) is 3.78. The fraction of sp³-hybridized carbons (Fsp3) is 0.417. The highest BCUT2D eigenvalue weighted by molar-refractivity contribution is 9.10. The molecule has 4 heteroatoms. The van der Waals surface area contributed by atoms with Crippen LogP contribution >= 0.6 is 15.9 Å². The number of benzene rings is 1. The molecule has 0 aliphatic heterocycles. The van der Waals surface area contributed by atoms with E-state index in [1.165, 1.54) is 0 Å². The molecule has 1 amide bonds. The number of halogens is 1. The fourth-order valence-corrected chi connectivity index (χ4v) is 1.94. The number of carbonyl (C=O) groups is 1. The molecule has 16 heavy (non-hydrogen) atoms. The summed E-state index contributed by atoms with van der Waals surface area (Å²) in [6.45, 7) is 5.05. The Morgan fingerprint density at radius 2 is 2.12 bits per heavy atom. The highest BCUT2D eigenvalue weighted by atomic mass is 79.9. The summed E-state index contributed by atoms with van der Waals surface area (Å²) >= 11 is 3.43. The molecular weight excluding hydrogens is 268 g/mol. The molecule has 0 heterocycles. The first-order valence-corrected chi connectivity index (χ1v) is 6.07. The maximum absolute atomic E-state index is 11.6. The Hall–Kier alpha value is -1.03. The van der Waals surface area contributed by atoms with Crippen molar-refractivity contribution in [2.75, 3.05) is 25.5 Å². The SMILES string of the molecule is CCN(C)C(=O)CNc1cc(C)cc(Br)c1. The van der Waals surface area contributed by atoms with Crippen LogP contribution in [0, 0.1) is 6.92 Å². The number of amides is 1. The van der Waals surface area contributed by atoms with Crippen LogP contribution in [0.3, 0.4) is 0 Å². The molecule has 1 aromatic carbocycles. The van der Waals surface area contributed by atoms with E-state index < -0.39 is 0 Å². The Morgan fingerprint density at radius 3 is 2.69 bits per heavy atom. The van der Waals surface area contributed by atoms with Gasteiger partial charge in [0, 0.05) is 23.8 Å². The topological polar surface area (TPSA) is 32.3 Å². The number of hydrogen-bond donors (Lipinski definition) is 1. The molecule has 0 aliphatic rings. The highest BCUT2D eigenvalue weighted by Gasteiger charge is 2.05. The summed E-state index contributed by atoms with van der Waals surface area (Å²) in [6, 6.07) is 6.02. The molecule has 0 aliphatic carbocycles. The van der Waals surface area contributed by atoms with Crippen molar-refractivity contribution in [2.45, 2.75) is 13.8 Å². The molecule has 0 bridgehead atoms. The van der Waals surface area contributed by atoms with Gasteiger partial charge in [0.25, 0.3) is 0 Å². The largest absolute Gasteiger partial charge is 0.376 e. The van der Waals surface area contributed by atoms with E-state index in [0.717, 1.165) is 22.3 Å². The minimum atomic E-state index is 0.0973. The molecular formula is C12H17BrN2O. The summed E-state index contributed by atoms with van der Waals surface area (Å²) < 4.78 is 1.02. The molecule has 1 N–H and O–H groups in total. The minimum absolute atomic E-state index is 0.0973. The smallest absolute Gasteiger partial charge is 0.241 e. The predicted octanol–water partition coefficient (Wildman–Crippen LogP) is 2.65. The van der Waals surface area contributed by atoms with Gasteiger partial charge in [-0.25, -0.2) is 0 Å². The number of hydrogen-bond acceptors (Lipinski definition) is 2. The lowest BCUT2D eigenvalue weighted by atomic mass is 10.2. The van der Waals surface area contributed by atoms with Gasteiger partial charge in [0.1, 0.15) is 0 Å². The molecule has 0 atom stereocenters. The van der Waals surface area contributed by atoms with Gasteiger partial charge in [0.05, 0.1) is 6.54 Å².